The van der Waals surface area contributed by atoms with E-state index >= 15 is 0 Å². The SMILES string of the molecule is CC(=O)N[C@H]1[C@H]([C@H](O)[C@H](O)CO)O[C@@](O[C@H]2[C@@H](O)[C@@H](COCc3ccccc3)O[C@H](OCc3ccccc3)[C@@H]2OCc2ccccc2)(C(=O)O)C[C@H]1O. The number of hydrogen-bond acceptors (Lipinski definition) is 13. The van der Waals surface area contributed by atoms with Crippen LogP contribution in [0.1, 0.15) is 30.0 Å². The summed E-state index contributed by atoms with van der Waals surface area (Å²) in [6.45, 7) is 0.141. The third kappa shape index (κ3) is 10.4. The van der Waals surface area contributed by atoms with Crippen LogP contribution in [0.3, 0.4) is 0 Å². The third-order valence-corrected chi connectivity index (χ3v) is 9.07. The molecule has 1 amide bonds. The number of ether oxygens (including phenoxy) is 6. The first-order valence-corrected chi connectivity index (χ1v) is 17.3. The lowest BCUT2D eigenvalue weighted by molar-refractivity contribution is -0.376. The molecule has 11 atom stereocenters. The van der Waals surface area contributed by atoms with Gasteiger partial charge >= 0.3 is 5.97 Å². The molecule has 0 aromatic heterocycles. The van der Waals surface area contributed by atoms with Gasteiger partial charge in [-0.3, -0.25) is 4.79 Å². The van der Waals surface area contributed by atoms with Gasteiger partial charge in [0.15, 0.2) is 6.29 Å². The van der Waals surface area contributed by atoms with Crippen molar-refractivity contribution in [3.63, 3.8) is 0 Å². The van der Waals surface area contributed by atoms with Crippen molar-refractivity contribution in [2.24, 2.45) is 0 Å². The zero-order valence-corrected chi connectivity index (χ0v) is 29.1. The van der Waals surface area contributed by atoms with Crippen LogP contribution >= 0.6 is 0 Å². The van der Waals surface area contributed by atoms with Gasteiger partial charge in [0.2, 0.25) is 5.91 Å². The Hall–Kier alpha value is -3.84. The predicted molar refractivity (Wildman–Crippen MR) is 184 cm³/mol. The van der Waals surface area contributed by atoms with Gasteiger partial charge in [0.1, 0.15) is 42.7 Å². The van der Waals surface area contributed by atoms with Gasteiger partial charge in [0, 0.05) is 13.3 Å². The number of benzene rings is 3. The van der Waals surface area contributed by atoms with Crippen LogP contribution in [0.15, 0.2) is 91.0 Å². The molecule has 3 aromatic carbocycles. The molecular formula is C38H47NO14. The molecule has 2 aliphatic heterocycles. The molecule has 0 spiro atoms. The first-order chi connectivity index (χ1) is 25.5. The van der Waals surface area contributed by atoms with Crippen LogP contribution < -0.4 is 5.32 Å². The summed E-state index contributed by atoms with van der Waals surface area (Å²) in [6.07, 6.45) is -15.2. The molecule has 7 N–H and O–H groups in total. The molecule has 2 fully saturated rings. The summed E-state index contributed by atoms with van der Waals surface area (Å²) >= 11 is 0. The normalized spacial score (nSPS) is 29.9. The second kappa shape index (κ2) is 19.0. The van der Waals surface area contributed by atoms with Gasteiger partial charge in [-0.2, -0.15) is 0 Å². The van der Waals surface area contributed by atoms with E-state index in [4.69, 9.17) is 28.4 Å². The van der Waals surface area contributed by atoms with E-state index in [1.54, 1.807) is 24.3 Å². The number of carboxylic acids is 1. The van der Waals surface area contributed by atoms with Gasteiger partial charge in [0.25, 0.3) is 5.79 Å². The fourth-order valence-corrected chi connectivity index (χ4v) is 6.33. The van der Waals surface area contributed by atoms with Crippen LogP contribution in [-0.4, -0.2) is 123 Å². The number of carbonyl (C=O) groups excluding carboxylic acids is 1. The molecule has 5 rings (SSSR count). The summed E-state index contributed by atoms with van der Waals surface area (Å²) in [6, 6.07) is 26.0. The van der Waals surface area contributed by atoms with Gasteiger partial charge in [-0.05, 0) is 16.7 Å². The smallest absolute Gasteiger partial charge is 0.364 e. The van der Waals surface area contributed by atoms with Gasteiger partial charge in [-0.1, -0.05) is 91.0 Å². The summed E-state index contributed by atoms with van der Waals surface area (Å²) in [7, 11) is 0. The van der Waals surface area contributed by atoms with Gasteiger partial charge in [-0.15, -0.1) is 0 Å². The molecule has 2 saturated heterocycles. The molecule has 0 unspecified atom stereocenters. The molecule has 3 aromatic rings. The zero-order valence-electron chi connectivity index (χ0n) is 29.1. The summed E-state index contributed by atoms with van der Waals surface area (Å²) in [5.74, 6) is -5.21. The maximum absolute atomic E-state index is 13.2. The lowest BCUT2D eigenvalue weighted by Crippen LogP contribution is -2.70. The third-order valence-electron chi connectivity index (χ3n) is 9.07. The maximum Gasteiger partial charge on any atom is 0.364 e. The van der Waals surface area contributed by atoms with Gasteiger partial charge < -0.3 is 64.4 Å². The minimum absolute atomic E-state index is 0.0299. The monoisotopic (exact) mass is 741 g/mol. The van der Waals surface area contributed by atoms with Crippen LogP contribution in [0.5, 0.6) is 0 Å². The minimum Gasteiger partial charge on any atom is -0.477 e. The Morgan fingerprint density at radius 1 is 0.849 bits per heavy atom. The number of aliphatic hydroxyl groups is 5. The quantitative estimate of drug-likeness (QED) is 0.101. The Balaban J connectivity index is 1.50. The number of amides is 1. The van der Waals surface area contributed by atoms with Crippen molar-refractivity contribution in [3.8, 4) is 0 Å². The maximum atomic E-state index is 13.2. The molecule has 288 valence electrons. The van der Waals surface area contributed by atoms with Crippen LogP contribution in [0.2, 0.25) is 0 Å². The Labute approximate surface area is 306 Å². The van der Waals surface area contributed by atoms with Crippen molar-refractivity contribution in [3.05, 3.63) is 108 Å². The van der Waals surface area contributed by atoms with Crippen molar-refractivity contribution in [1.82, 2.24) is 5.32 Å². The van der Waals surface area contributed by atoms with Crippen LogP contribution in [0, 0.1) is 0 Å². The molecule has 15 heteroatoms. The van der Waals surface area contributed by atoms with E-state index in [1.807, 2.05) is 66.7 Å². The summed E-state index contributed by atoms with van der Waals surface area (Å²) in [4.78, 5) is 25.2. The number of hydrogen-bond donors (Lipinski definition) is 7. The van der Waals surface area contributed by atoms with Gasteiger partial charge in [0.05, 0.1) is 45.2 Å². The molecular weight excluding hydrogens is 694 g/mol. The first kappa shape index (κ1) is 40.3. The second-order valence-corrected chi connectivity index (χ2v) is 13.1. The summed E-state index contributed by atoms with van der Waals surface area (Å²) in [5, 5.41) is 67.1. The Morgan fingerprint density at radius 3 is 1.92 bits per heavy atom. The fourth-order valence-electron chi connectivity index (χ4n) is 6.33. The average Bonchev–Trinajstić information content (AvgIpc) is 3.16. The number of nitrogens with one attached hydrogen (secondary N) is 1. The second-order valence-electron chi connectivity index (χ2n) is 13.1. The minimum atomic E-state index is -2.80. The first-order valence-electron chi connectivity index (χ1n) is 17.3. The number of carboxylic acid groups (broad SMARTS) is 1. The Kier molecular flexibility index (Phi) is 14.4. The van der Waals surface area contributed by atoms with Crippen LogP contribution in [-0.2, 0) is 57.8 Å². The highest BCUT2D eigenvalue weighted by molar-refractivity contribution is 5.76. The van der Waals surface area contributed by atoms with Crippen molar-refractivity contribution < 1.29 is 68.6 Å². The van der Waals surface area contributed by atoms with E-state index < -0.39 is 91.9 Å². The molecule has 0 aliphatic carbocycles. The van der Waals surface area contributed by atoms with E-state index in [0.717, 1.165) is 23.6 Å². The molecule has 0 radical (unpaired) electrons. The highest BCUT2D eigenvalue weighted by atomic mass is 16.8. The van der Waals surface area contributed by atoms with E-state index in [2.05, 4.69) is 5.32 Å². The lowest BCUT2D eigenvalue weighted by atomic mass is 9.88. The Morgan fingerprint density at radius 2 is 1.40 bits per heavy atom. The molecule has 0 saturated carbocycles. The summed E-state index contributed by atoms with van der Waals surface area (Å²) < 4.78 is 36.9. The number of aliphatic hydroxyl groups excluding tert-OH is 5. The van der Waals surface area contributed by atoms with E-state index in [0.29, 0.717) is 0 Å². The molecule has 2 aliphatic rings. The molecule has 53 heavy (non-hydrogen) atoms. The largest absolute Gasteiger partial charge is 0.477 e. The van der Waals surface area contributed by atoms with E-state index in [-0.39, 0.29) is 26.4 Å². The van der Waals surface area contributed by atoms with Crippen molar-refractivity contribution >= 4 is 11.9 Å². The number of carbonyl (C=O) groups is 2. The van der Waals surface area contributed by atoms with Crippen molar-refractivity contribution in [2.45, 2.75) is 100 Å². The number of aliphatic carboxylic acids is 1. The van der Waals surface area contributed by atoms with Crippen LogP contribution in [0.4, 0.5) is 0 Å². The van der Waals surface area contributed by atoms with Crippen molar-refractivity contribution in [2.75, 3.05) is 13.2 Å². The van der Waals surface area contributed by atoms with Crippen LogP contribution in [0.25, 0.3) is 0 Å². The standard InChI is InChI=1S/C38H47NO14/c1-23(41)39-30-27(42)17-38(37(46)47,52-33(30)31(44)28(43)18-40)53-34-32(45)29(22-48-19-24-11-5-2-6-12-24)51-36(50-21-26-15-9-4-10-16-26)35(34)49-20-25-13-7-3-8-14-25/h2-16,27-36,40,42-45H,17-22H2,1H3,(H,39,41)(H,46,47)/t27-,28-,29-,30-,31-,32+,33-,34+,35-,36+,38+/m1/s1. The van der Waals surface area contributed by atoms with E-state index in [1.165, 1.54) is 0 Å². The molecule has 0 bridgehead atoms. The highest BCUT2D eigenvalue weighted by Gasteiger charge is 2.60. The average molecular weight is 742 g/mol. The zero-order chi connectivity index (χ0) is 38.0. The molecule has 2 heterocycles. The van der Waals surface area contributed by atoms with E-state index in [9.17, 15) is 40.2 Å². The topological polar surface area (TPSA) is 223 Å². The predicted octanol–water partition coefficient (Wildman–Crippen LogP) is 0.626. The van der Waals surface area contributed by atoms with Crippen molar-refractivity contribution in [1.29, 1.82) is 0 Å². The van der Waals surface area contributed by atoms with Gasteiger partial charge in [-0.25, -0.2) is 4.79 Å². The lowest BCUT2D eigenvalue weighted by Gasteiger charge is -2.50. The highest BCUT2D eigenvalue weighted by Crippen LogP contribution is 2.38. The fraction of sp³-hybridized carbons (Fsp3) is 0.474. The summed E-state index contributed by atoms with van der Waals surface area (Å²) in [5.41, 5.74) is 2.36. The number of rotatable bonds is 17. The Bertz CT molecular complexity index is 1570. The molecule has 15 nitrogen and oxygen atoms in total.